The Hall–Kier alpha value is -1.90. The maximum absolute atomic E-state index is 13.7. The third-order valence-corrected chi connectivity index (χ3v) is 3.54. The summed E-state index contributed by atoms with van der Waals surface area (Å²) in [5.74, 6) is 0.0737. The van der Waals surface area contributed by atoms with Crippen LogP contribution in [0.4, 0.5) is 4.39 Å². The van der Waals surface area contributed by atoms with Crippen molar-refractivity contribution in [2.45, 2.75) is 13.2 Å². The van der Waals surface area contributed by atoms with Crippen LogP contribution in [-0.2, 0) is 13.2 Å². The van der Waals surface area contributed by atoms with Gasteiger partial charge in [0.25, 0.3) is 0 Å². The predicted octanol–water partition coefficient (Wildman–Crippen LogP) is 3.53. The topological polar surface area (TPSA) is 53.2 Å². The van der Waals surface area contributed by atoms with Gasteiger partial charge in [0.05, 0.1) is 18.2 Å². The second-order valence-electron chi connectivity index (χ2n) is 4.12. The van der Waals surface area contributed by atoms with Gasteiger partial charge in [-0.1, -0.05) is 22.0 Å². The SMILES string of the molecule is N#Cc1ccc(COc2ccc(Br)c(CO)c2)c(F)c1. The number of aliphatic hydroxyl groups excluding tert-OH is 1. The maximum Gasteiger partial charge on any atom is 0.131 e. The zero-order valence-electron chi connectivity index (χ0n) is 10.4. The van der Waals surface area contributed by atoms with Gasteiger partial charge in [-0.3, -0.25) is 0 Å². The van der Waals surface area contributed by atoms with Crippen molar-refractivity contribution in [3.63, 3.8) is 0 Å². The smallest absolute Gasteiger partial charge is 0.131 e. The fraction of sp³-hybridized carbons (Fsp3) is 0.133. The predicted molar refractivity (Wildman–Crippen MR) is 75.5 cm³/mol. The molecule has 0 atom stereocenters. The van der Waals surface area contributed by atoms with Crippen molar-refractivity contribution in [1.82, 2.24) is 0 Å². The summed E-state index contributed by atoms with van der Waals surface area (Å²) >= 11 is 3.31. The minimum Gasteiger partial charge on any atom is -0.489 e. The summed E-state index contributed by atoms with van der Waals surface area (Å²) in [5.41, 5.74) is 1.35. The number of nitriles is 1. The molecule has 0 saturated heterocycles. The Labute approximate surface area is 124 Å². The van der Waals surface area contributed by atoms with Gasteiger partial charge in [0, 0.05) is 10.0 Å². The van der Waals surface area contributed by atoms with E-state index in [0.29, 0.717) is 16.9 Å². The van der Waals surface area contributed by atoms with E-state index in [2.05, 4.69) is 15.9 Å². The highest BCUT2D eigenvalue weighted by Crippen LogP contribution is 2.23. The van der Waals surface area contributed by atoms with Gasteiger partial charge in [0.2, 0.25) is 0 Å². The van der Waals surface area contributed by atoms with Crippen LogP contribution >= 0.6 is 15.9 Å². The number of aliphatic hydroxyl groups is 1. The zero-order chi connectivity index (χ0) is 14.5. The van der Waals surface area contributed by atoms with Crippen LogP contribution in [0.15, 0.2) is 40.9 Å². The number of nitrogens with zero attached hydrogens (tertiary/aromatic N) is 1. The molecule has 0 aliphatic carbocycles. The average molecular weight is 336 g/mol. The second kappa shape index (κ2) is 6.51. The van der Waals surface area contributed by atoms with E-state index in [4.69, 9.17) is 15.1 Å². The molecule has 0 radical (unpaired) electrons. The van der Waals surface area contributed by atoms with Crippen LogP contribution in [0.2, 0.25) is 0 Å². The lowest BCUT2D eigenvalue weighted by Crippen LogP contribution is -1.99. The van der Waals surface area contributed by atoms with Crippen molar-refractivity contribution in [3.05, 3.63) is 63.4 Å². The molecule has 0 unspecified atom stereocenters. The molecule has 0 aromatic heterocycles. The van der Waals surface area contributed by atoms with Gasteiger partial charge in [-0.2, -0.15) is 5.26 Å². The van der Waals surface area contributed by atoms with Crippen molar-refractivity contribution in [2.24, 2.45) is 0 Å². The molecule has 5 heteroatoms. The van der Waals surface area contributed by atoms with Gasteiger partial charge in [-0.25, -0.2) is 4.39 Å². The highest BCUT2D eigenvalue weighted by atomic mass is 79.9. The van der Waals surface area contributed by atoms with Crippen LogP contribution in [0.25, 0.3) is 0 Å². The van der Waals surface area contributed by atoms with E-state index in [9.17, 15) is 4.39 Å². The van der Waals surface area contributed by atoms with E-state index in [1.807, 2.05) is 6.07 Å². The van der Waals surface area contributed by atoms with E-state index < -0.39 is 5.82 Å². The summed E-state index contributed by atoms with van der Waals surface area (Å²) in [6.45, 7) is -0.0486. The molecule has 102 valence electrons. The van der Waals surface area contributed by atoms with E-state index in [1.165, 1.54) is 12.1 Å². The zero-order valence-corrected chi connectivity index (χ0v) is 12.0. The Morgan fingerprint density at radius 3 is 2.65 bits per heavy atom. The Balaban J connectivity index is 2.11. The fourth-order valence-electron chi connectivity index (χ4n) is 1.66. The lowest BCUT2D eigenvalue weighted by Gasteiger charge is -2.09. The van der Waals surface area contributed by atoms with E-state index in [1.54, 1.807) is 24.3 Å². The van der Waals surface area contributed by atoms with Crippen LogP contribution in [0.1, 0.15) is 16.7 Å². The number of rotatable bonds is 4. The van der Waals surface area contributed by atoms with Gasteiger partial charge >= 0.3 is 0 Å². The average Bonchev–Trinajstić information content (AvgIpc) is 2.47. The standard InChI is InChI=1S/C15H11BrFNO2/c16-14-4-3-13(6-12(14)8-19)20-9-11-2-1-10(7-18)5-15(11)17/h1-6,19H,8-9H2. The van der Waals surface area contributed by atoms with Crippen LogP contribution in [0.5, 0.6) is 5.75 Å². The van der Waals surface area contributed by atoms with E-state index in [-0.39, 0.29) is 18.8 Å². The highest BCUT2D eigenvalue weighted by Gasteiger charge is 2.06. The summed E-state index contributed by atoms with van der Waals surface area (Å²) in [7, 11) is 0. The minimum absolute atomic E-state index is 0.0596. The molecule has 0 saturated carbocycles. The molecular weight excluding hydrogens is 325 g/mol. The molecule has 20 heavy (non-hydrogen) atoms. The van der Waals surface area contributed by atoms with Gasteiger partial charge < -0.3 is 9.84 Å². The molecule has 0 heterocycles. The molecule has 0 aliphatic rings. The molecule has 0 fully saturated rings. The van der Waals surface area contributed by atoms with Crippen LogP contribution < -0.4 is 4.74 Å². The first-order valence-corrected chi connectivity index (χ1v) is 6.64. The number of hydrogen-bond donors (Lipinski definition) is 1. The number of hydrogen-bond acceptors (Lipinski definition) is 3. The molecule has 0 aliphatic heterocycles. The summed E-state index contributed by atoms with van der Waals surface area (Å²) in [6, 6.07) is 11.3. The molecule has 2 aromatic rings. The van der Waals surface area contributed by atoms with Crippen molar-refractivity contribution < 1.29 is 14.2 Å². The molecule has 0 bridgehead atoms. The summed E-state index contributed by atoms with van der Waals surface area (Å²) in [6.07, 6.45) is 0. The highest BCUT2D eigenvalue weighted by molar-refractivity contribution is 9.10. The quantitative estimate of drug-likeness (QED) is 0.929. The Morgan fingerprint density at radius 1 is 1.20 bits per heavy atom. The molecular formula is C15H11BrFNO2. The van der Waals surface area contributed by atoms with E-state index in [0.717, 1.165) is 4.47 Å². The second-order valence-corrected chi connectivity index (χ2v) is 4.97. The van der Waals surface area contributed by atoms with Crippen molar-refractivity contribution in [1.29, 1.82) is 5.26 Å². The Morgan fingerprint density at radius 2 is 2.00 bits per heavy atom. The Bertz CT molecular complexity index is 667. The number of ether oxygens (including phenoxy) is 1. The van der Waals surface area contributed by atoms with Crippen LogP contribution in [0.3, 0.4) is 0 Å². The van der Waals surface area contributed by atoms with E-state index >= 15 is 0 Å². The van der Waals surface area contributed by atoms with Gasteiger partial charge in [0.1, 0.15) is 18.2 Å². The van der Waals surface area contributed by atoms with Gasteiger partial charge in [-0.05, 0) is 35.9 Å². The first kappa shape index (κ1) is 14.5. The third kappa shape index (κ3) is 3.35. The molecule has 0 spiro atoms. The van der Waals surface area contributed by atoms with Crippen LogP contribution in [0, 0.1) is 17.1 Å². The summed E-state index contributed by atoms with van der Waals surface area (Å²) in [5, 5.41) is 17.8. The normalized spacial score (nSPS) is 10.1. The summed E-state index contributed by atoms with van der Waals surface area (Å²) in [4.78, 5) is 0. The molecule has 0 amide bonds. The third-order valence-electron chi connectivity index (χ3n) is 2.76. The maximum atomic E-state index is 13.7. The first-order valence-electron chi connectivity index (χ1n) is 5.84. The largest absolute Gasteiger partial charge is 0.489 e. The van der Waals surface area contributed by atoms with Crippen molar-refractivity contribution in [3.8, 4) is 11.8 Å². The number of benzene rings is 2. The molecule has 2 rings (SSSR count). The Kier molecular flexibility index (Phi) is 4.72. The lowest BCUT2D eigenvalue weighted by molar-refractivity contribution is 0.276. The van der Waals surface area contributed by atoms with Gasteiger partial charge in [0.15, 0.2) is 0 Å². The molecule has 3 nitrogen and oxygen atoms in total. The fourth-order valence-corrected chi connectivity index (χ4v) is 2.03. The minimum atomic E-state index is -0.469. The van der Waals surface area contributed by atoms with Crippen molar-refractivity contribution >= 4 is 15.9 Å². The van der Waals surface area contributed by atoms with Crippen LogP contribution in [-0.4, -0.2) is 5.11 Å². The monoisotopic (exact) mass is 335 g/mol. The summed E-state index contributed by atoms with van der Waals surface area (Å²) < 4.78 is 19.9. The molecule has 2 aromatic carbocycles. The van der Waals surface area contributed by atoms with Crippen molar-refractivity contribution in [2.75, 3.05) is 0 Å². The molecule has 1 N–H and O–H groups in total. The lowest BCUT2D eigenvalue weighted by atomic mass is 10.1. The number of halogens is 2. The van der Waals surface area contributed by atoms with Gasteiger partial charge in [-0.15, -0.1) is 0 Å². The first-order chi connectivity index (χ1) is 9.63.